The number of halogens is 1. The highest BCUT2D eigenvalue weighted by Gasteiger charge is 2.52. The Balaban J connectivity index is 2.31. The SMILES string of the molecule is Cc1ccc(C=C(CS)B2OC(C)(C)C(C)(C)O2)c(F)c1. The van der Waals surface area contributed by atoms with Crippen LogP contribution in [-0.4, -0.2) is 24.1 Å². The third-order valence-corrected chi connectivity index (χ3v) is 4.60. The van der Waals surface area contributed by atoms with Gasteiger partial charge in [-0.3, -0.25) is 0 Å². The molecule has 1 aliphatic heterocycles. The maximum atomic E-state index is 14.0. The number of rotatable bonds is 3. The van der Waals surface area contributed by atoms with Crippen molar-refractivity contribution in [1.82, 2.24) is 0 Å². The molecule has 0 amide bonds. The first-order chi connectivity index (χ1) is 9.66. The molecule has 5 heteroatoms. The molecule has 21 heavy (non-hydrogen) atoms. The molecule has 0 radical (unpaired) electrons. The molecule has 0 unspecified atom stereocenters. The van der Waals surface area contributed by atoms with E-state index in [0.29, 0.717) is 11.3 Å². The Morgan fingerprint density at radius 2 is 1.81 bits per heavy atom. The highest BCUT2D eigenvalue weighted by atomic mass is 32.1. The smallest absolute Gasteiger partial charge is 0.400 e. The Morgan fingerprint density at radius 3 is 2.29 bits per heavy atom. The van der Waals surface area contributed by atoms with Gasteiger partial charge in [-0.05, 0) is 51.7 Å². The fourth-order valence-electron chi connectivity index (χ4n) is 2.13. The zero-order valence-electron chi connectivity index (χ0n) is 13.2. The standard InChI is InChI=1S/C16H22BFO2S/c1-11-6-7-12(14(18)8-11)9-13(10-21)17-19-15(2,3)16(4,5)20-17/h6-9,21H,10H2,1-5H3. The molecule has 1 aliphatic rings. The Morgan fingerprint density at radius 1 is 1.24 bits per heavy atom. The summed E-state index contributed by atoms with van der Waals surface area (Å²) in [4.78, 5) is 0. The van der Waals surface area contributed by atoms with Gasteiger partial charge in [0.15, 0.2) is 0 Å². The minimum absolute atomic E-state index is 0.245. The molecule has 0 bridgehead atoms. The van der Waals surface area contributed by atoms with Crippen LogP contribution in [0, 0.1) is 12.7 Å². The molecule has 0 spiro atoms. The van der Waals surface area contributed by atoms with Crippen LogP contribution < -0.4 is 0 Å². The molecular weight excluding hydrogens is 286 g/mol. The fraction of sp³-hybridized carbons (Fsp3) is 0.500. The van der Waals surface area contributed by atoms with E-state index >= 15 is 0 Å². The van der Waals surface area contributed by atoms with Gasteiger partial charge in [-0.2, -0.15) is 12.6 Å². The van der Waals surface area contributed by atoms with Gasteiger partial charge in [0.25, 0.3) is 0 Å². The van der Waals surface area contributed by atoms with Crippen LogP contribution in [0.25, 0.3) is 6.08 Å². The lowest BCUT2D eigenvalue weighted by atomic mass is 9.78. The second-order valence-corrected chi connectivity index (χ2v) is 6.81. The second kappa shape index (κ2) is 5.78. The summed E-state index contributed by atoms with van der Waals surface area (Å²) in [5.74, 6) is 0.204. The number of benzene rings is 1. The van der Waals surface area contributed by atoms with Crippen molar-refractivity contribution in [3.8, 4) is 0 Å². The van der Waals surface area contributed by atoms with E-state index < -0.39 is 18.3 Å². The molecule has 1 aromatic carbocycles. The zero-order valence-corrected chi connectivity index (χ0v) is 14.1. The normalized spacial score (nSPS) is 20.9. The van der Waals surface area contributed by atoms with Crippen LogP contribution in [0.4, 0.5) is 4.39 Å². The topological polar surface area (TPSA) is 18.5 Å². The highest BCUT2D eigenvalue weighted by molar-refractivity contribution is 7.80. The van der Waals surface area contributed by atoms with Crippen molar-refractivity contribution < 1.29 is 13.7 Å². The lowest BCUT2D eigenvalue weighted by Crippen LogP contribution is -2.41. The summed E-state index contributed by atoms with van der Waals surface area (Å²) in [6, 6.07) is 5.17. The molecule has 0 aliphatic carbocycles. The summed E-state index contributed by atoms with van der Waals surface area (Å²) >= 11 is 4.34. The van der Waals surface area contributed by atoms with Crippen molar-refractivity contribution in [2.45, 2.75) is 45.8 Å². The molecule has 1 saturated heterocycles. The maximum absolute atomic E-state index is 14.0. The Labute approximate surface area is 132 Å². The summed E-state index contributed by atoms with van der Waals surface area (Å²) in [6.07, 6.45) is 1.77. The predicted molar refractivity (Wildman–Crippen MR) is 89.0 cm³/mol. The van der Waals surface area contributed by atoms with Crippen LogP contribution in [0.1, 0.15) is 38.8 Å². The number of hydrogen-bond donors (Lipinski definition) is 1. The minimum Gasteiger partial charge on any atom is -0.400 e. The van der Waals surface area contributed by atoms with E-state index in [1.807, 2.05) is 40.7 Å². The van der Waals surface area contributed by atoms with E-state index in [9.17, 15) is 4.39 Å². The van der Waals surface area contributed by atoms with E-state index in [1.54, 1.807) is 12.1 Å². The van der Waals surface area contributed by atoms with Gasteiger partial charge in [0.05, 0.1) is 11.2 Å². The Kier molecular flexibility index (Phi) is 4.57. The minimum atomic E-state index is -0.492. The predicted octanol–water partition coefficient (Wildman–Crippen LogP) is 4.08. The molecule has 1 fully saturated rings. The van der Waals surface area contributed by atoms with Crippen molar-refractivity contribution >= 4 is 25.8 Å². The van der Waals surface area contributed by atoms with Crippen LogP contribution in [0.5, 0.6) is 0 Å². The third kappa shape index (κ3) is 3.36. The maximum Gasteiger partial charge on any atom is 0.491 e. The average molecular weight is 308 g/mol. The molecule has 2 rings (SSSR count). The van der Waals surface area contributed by atoms with Crippen LogP contribution in [-0.2, 0) is 9.31 Å². The van der Waals surface area contributed by atoms with Gasteiger partial charge in [0.2, 0.25) is 0 Å². The molecule has 1 heterocycles. The van der Waals surface area contributed by atoms with Crippen LogP contribution in [0.2, 0.25) is 0 Å². The first kappa shape index (κ1) is 16.6. The van der Waals surface area contributed by atoms with Crippen LogP contribution in [0.15, 0.2) is 23.7 Å². The summed E-state index contributed by atoms with van der Waals surface area (Å²) in [5.41, 5.74) is 1.42. The largest absolute Gasteiger partial charge is 0.491 e. The molecule has 0 N–H and O–H groups in total. The molecule has 114 valence electrons. The lowest BCUT2D eigenvalue weighted by Gasteiger charge is -2.32. The molecular formula is C16H22BFO2S. The number of thiol groups is 1. The van der Waals surface area contributed by atoms with E-state index in [0.717, 1.165) is 11.0 Å². The van der Waals surface area contributed by atoms with Crippen molar-refractivity contribution in [2.75, 3.05) is 5.75 Å². The summed E-state index contributed by atoms with van der Waals surface area (Å²) in [7, 11) is -0.492. The molecule has 1 aromatic rings. The Hall–Kier alpha value is -0.775. The first-order valence-electron chi connectivity index (χ1n) is 7.09. The first-order valence-corrected chi connectivity index (χ1v) is 7.72. The van der Waals surface area contributed by atoms with Crippen LogP contribution >= 0.6 is 12.6 Å². The fourth-order valence-corrected chi connectivity index (χ4v) is 2.37. The average Bonchev–Trinajstić information content (AvgIpc) is 2.57. The van der Waals surface area contributed by atoms with Gasteiger partial charge in [-0.25, -0.2) is 4.39 Å². The van der Waals surface area contributed by atoms with E-state index in [1.165, 1.54) is 6.07 Å². The van der Waals surface area contributed by atoms with Gasteiger partial charge < -0.3 is 9.31 Å². The van der Waals surface area contributed by atoms with Crippen molar-refractivity contribution in [1.29, 1.82) is 0 Å². The second-order valence-electron chi connectivity index (χ2n) is 6.49. The summed E-state index contributed by atoms with van der Waals surface area (Å²) < 4.78 is 26.0. The van der Waals surface area contributed by atoms with E-state index in [-0.39, 0.29) is 5.82 Å². The molecule has 0 aromatic heterocycles. The summed E-state index contributed by atoms with van der Waals surface area (Å²) in [5, 5.41) is 0. The lowest BCUT2D eigenvalue weighted by molar-refractivity contribution is 0.00578. The van der Waals surface area contributed by atoms with Crippen molar-refractivity contribution in [2.24, 2.45) is 0 Å². The zero-order chi connectivity index (χ0) is 15.8. The van der Waals surface area contributed by atoms with E-state index in [2.05, 4.69) is 12.6 Å². The summed E-state index contributed by atoms with van der Waals surface area (Å²) in [6.45, 7) is 9.85. The number of hydrogen-bond acceptors (Lipinski definition) is 3. The Bertz CT molecular complexity index is 553. The molecule has 0 atom stereocenters. The van der Waals surface area contributed by atoms with Crippen molar-refractivity contribution in [3.05, 3.63) is 40.6 Å². The van der Waals surface area contributed by atoms with Crippen molar-refractivity contribution in [3.63, 3.8) is 0 Å². The van der Waals surface area contributed by atoms with Gasteiger partial charge in [-0.15, -0.1) is 0 Å². The van der Waals surface area contributed by atoms with Crippen LogP contribution in [0.3, 0.4) is 0 Å². The van der Waals surface area contributed by atoms with Gasteiger partial charge in [0.1, 0.15) is 5.82 Å². The number of aryl methyl sites for hydroxylation is 1. The molecule has 0 saturated carbocycles. The highest BCUT2D eigenvalue weighted by Crippen LogP contribution is 2.39. The van der Waals surface area contributed by atoms with E-state index in [4.69, 9.17) is 9.31 Å². The quantitative estimate of drug-likeness (QED) is 0.670. The molecule has 2 nitrogen and oxygen atoms in total. The van der Waals surface area contributed by atoms with Gasteiger partial charge in [-0.1, -0.05) is 18.2 Å². The monoisotopic (exact) mass is 308 g/mol. The van der Waals surface area contributed by atoms with Gasteiger partial charge in [0, 0.05) is 11.3 Å². The third-order valence-electron chi connectivity index (χ3n) is 4.24. The van der Waals surface area contributed by atoms with Gasteiger partial charge >= 0.3 is 7.12 Å².